The standard InChI is InChI=1S/C6H13NO2/c8-4-5-1-6(9)3-7-2-5/h5-9H,1-4H2/t5?,6-/m1/s1. The first-order valence-corrected chi connectivity index (χ1v) is 3.32. The lowest BCUT2D eigenvalue weighted by Crippen LogP contribution is -2.40. The van der Waals surface area contributed by atoms with Gasteiger partial charge in [-0.3, -0.25) is 0 Å². The van der Waals surface area contributed by atoms with E-state index in [4.69, 9.17) is 10.2 Å². The molecular weight excluding hydrogens is 118 g/mol. The molecule has 3 nitrogen and oxygen atoms in total. The number of β-amino-alcohol motifs (C(OH)–C–C–N with tert-alkyl or cyclic N) is 1. The maximum absolute atomic E-state index is 9.04. The van der Waals surface area contributed by atoms with Crippen molar-refractivity contribution in [2.45, 2.75) is 12.5 Å². The van der Waals surface area contributed by atoms with Crippen LogP contribution in [0.4, 0.5) is 0 Å². The van der Waals surface area contributed by atoms with Crippen LogP contribution in [0.3, 0.4) is 0 Å². The summed E-state index contributed by atoms with van der Waals surface area (Å²) in [6.45, 7) is 1.70. The normalized spacial score (nSPS) is 36.7. The molecule has 0 aliphatic carbocycles. The van der Waals surface area contributed by atoms with Gasteiger partial charge in [0.15, 0.2) is 0 Å². The molecule has 2 atom stereocenters. The predicted octanol–water partition coefficient (Wildman–Crippen LogP) is -1.05. The van der Waals surface area contributed by atoms with Gasteiger partial charge in [-0.2, -0.15) is 0 Å². The van der Waals surface area contributed by atoms with Crippen molar-refractivity contribution in [2.75, 3.05) is 19.7 Å². The number of aliphatic hydroxyl groups is 2. The number of hydrogen-bond donors (Lipinski definition) is 3. The first kappa shape index (κ1) is 6.99. The van der Waals surface area contributed by atoms with E-state index in [-0.39, 0.29) is 18.6 Å². The lowest BCUT2D eigenvalue weighted by atomic mass is 9.99. The summed E-state index contributed by atoms with van der Waals surface area (Å²) >= 11 is 0. The highest BCUT2D eigenvalue weighted by molar-refractivity contribution is 4.74. The molecule has 0 radical (unpaired) electrons. The van der Waals surface area contributed by atoms with Crippen molar-refractivity contribution in [1.29, 1.82) is 0 Å². The van der Waals surface area contributed by atoms with Gasteiger partial charge in [0.25, 0.3) is 0 Å². The third kappa shape index (κ3) is 1.93. The highest BCUT2D eigenvalue weighted by Crippen LogP contribution is 2.08. The van der Waals surface area contributed by atoms with E-state index in [9.17, 15) is 0 Å². The fraction of sp³-hybridized carbons (Fsp3) is 1.00. The number of aliphatic hydroxyl groups excluding tert-OH is 2. The van der Waals surface area contributed by atoms with Gasteiger partial charge in [-0.25, -0.2) is 0 Å². The predicted molar refractivity (Wildman–Crippen MR) is 34.1 cm³/mol. The molecule has 0 aromatic rings. The molecule has 0 amide bonds. The van der Waals surface area contributed by atoms with Crippen LogP contribution in [0.15, 0.2) is 0 Å². The van der Waals surface area contributed by atoms with Gasteiger partial charge in [-0.1, -0.05) is 0 Å². The average molecular weight is 131 g/mol. The zero-order valence-electron chi connectivity index (χ0n) is 5.38. The average Bonchev–Trinajstić information content (AvgIpc) is 1.88. The van der Waals surface area contributed by atoms with E-state index in [1.54, 1.807) is 0 Å². The van der Waals surface area contributed by atoms with Gasteiger partial charge in [-0.05, 0) is 12.3 Å². The molecule has 0 spiro atoms. The molecule has 0 aromatic heterocycles. The summed E-state index contributed by atoms with van der Waals surface area (Å²) in [6.07, 6.45) is 0.486. The van der Waals surface area contributed by atoms with Crippen LogP contribution in [-0.4, -0.2) is 36.0 Å². The van der Waals surface area contributed by atoms with E-state index in [0.29, 0.717) is 6.54 Å². The zero-order chi connectivity index (χ0) is 6.69. The van der Waals surface area contributed by atoms with Gasteiger partial charge in [0, 0.05) is 19.7 Å². The Balaban J connectivity index is 2.23. The first-order valence-electron chi connectivity index (χ1n) is 3.32. The summed E-state index contributed by atoms with van der Waals surface area (Å²) in [5.74, 6) is 0.258. The minimum Gasteiger partial charge on any atom is -0.396 e. The van der Waals surface area contributed by atoms with E-state index >= 15 is 0 Å². The van der Waals surface area contributed by atoms with E-state index in [1.165, 1.54) is 0 Å². The lowest BCUT2D eigenvalue weighted by molar-refractivity contribution is 0.0879. The summed E-state index contributed by atoms with van der Waals surface area (Å²) < 4.78 is 0. The monoisotopic (exact) mass is 131 g/mol. The zero-order valence-corrected chi connectivity index (χ0v) is 5.38. The quantitative estimate of drug-likeness (QED) is 0.425. The molecule has 1 aliphatic heterocycles. The van der Waals surface area contributed by atoms with Crippen molar-refractivity contribution in [3.8, 4) is 0 Å². The Labute approximate surface area is 54.7 Å². The largest absolute Gasteiger partial charge is 0.396 e. The van der Waals surface area contributed by atoms with Crippen LogP contribution in [-0.2, 0) is 0 Å². The van der Waals surface area contributed by atoms with E-state index in [0.717, 1.165) is 13.0 Å². The maximum Gasteiger partial charge on any atom is 0.0668 e. The van der Waals surface area contributed by atoms with Crippen LogP contribution >= 0.6 is 0 Å². The van der Waals surface area contributed by atoms with Gasteiger partial charge in [0.2, 0.25) is 0 Å². The highest BCUT2D eigenvalue weighted by Gasteiger charge is 2.17. The van der Waals surface area contributed by atoms with Crippen molar-refractivity contribution < 1.29 is 10.2 Å². The van der Waals surface area contributed by atoms with Gasteiger partial charge >= 0.3 is 0 Å². The summed E-state index contributed by atoms with van der Waals surface area (Å²) in [6, 6.07) is 0. The van der Waals surface area contributed by atoms with Gasteiger partial charge in [0.1, 0.15) is 0 Å². The molecule has 1 unspecified atom stereocenters. The second-order valence-corrected chi connectivity index (χ2v) is 2.60. The van der Waals surface area contributed by atoms with Crippen LogP contribution in [0.5, 0.6) is 0 Å². The smallest absolute Gasteiger partial charge is 0.0668 e. The highest BCUT2D eigenvalue weighted by atomic mass is 16.3. The van der Waals surface area contributed by atoms with Gasteiger partial charge in [0.05, 0.1) is 6.10 Å². The van der Waals surface area contributed by atoms with E-state index in [2.05, 4.69) is 5.32 Å². The summed E-state index contributed by atoms with van der Waals surface area (Å²) in [5, 5.41) is 20.7. The Hall–Kier alpha value is -0.120. The number of nitrogens with one attached hydrogen (secondary N) is 1. The Bertz CT molecular complexity index is 87.1. The SMILES string of the molecule is OCC1CNC[C@H](O)C1. The molecule has 1 aliphatic rings. The van der Waals surface area contributed by atoms with Crippen LogP contribution in [0.2, 0.25) is 0 Å². The van der Waals surface area contributed by atoms with Crippen molar-refractivity contribution in [3.05, 3.63) is 0 Å². The minimum atomic E-state index is -0.254. The number of piperidine rings is 1. The van der Waals surface area contributed by atoms with Crippen molar-refractivity contribution in [1.82, 2.24) is 5.32 Å². The number of rotatable bonds is 1. The maximum atomic E-state index is 9.04. The van der Waals surface area contributed by atoms with Gasteiger partial charge < -0.3 is 15.5 Å². The van der Waals surface area contributed by atoms with Crippen LogP contribution in [0, 0.1) is 5.92 Å². The first-order chi connectivity index (χ1) is 4.33. The van der Waals surface area contributed by atoms with Crippen molar-refractivity contribution in [2.24, 2.45) is 5.92 Å². The van der Waals surface area contributed by atoms with Crippen LogP contribution in [0.25, 0.3) is 0 Å². The second-order valence-electron chi connectivity index (χ2n) is 2.60. The minimum absolute atomic E-state index is 0.185. The second kappa shape index (κ2) is 3.15. The lowest BCUT2D eigenvalue weighted by Gasteiger charge is -2.24. The van der Waals surface area contributed by atoms with Crippen LogP contribution < -0.4 is 5.32 Å². The summed E-state index contributed by atoms with van der Waals surface area (Å²) in [5.41, 5.74) is 0. The Morgan fingerprint density at radius 2 is 2.22 bits per heavy atom. The van der Waals surface area contributed by atoms with E-state index < -0.39 is 0 Å². The van der Waals surface area contributed by atoms with Gasteiger partial charge in [-0.15, -0.1) is 0 Å². The molecule has 1 heterocycles. The fourth-order valence-electron chi connectivity index (χ4n) is 1.14. The summed E-state index contributed by atoms with van der Waals surface area (Å²) in [4.78, 5) is 0. The Kier molecular flexibility index (Phi) is 2.45. The molecule has 3 N–H and O–H groups in total. The molecular formula is C6H13NO2. The van der Waals surface area contributed by atoms with Crippen molar-refractivity contribution in [3.63, 3.8) is 0 Å². The topological polar surface area (TPSA) is 52.5 Å². The number of hydrogen-bond acceptors (Lipinski definition) is 3. The molecule has 1 saturated heterocycles. The molecule has 1 fully saturated rings. The summed E-state index contributed by atoms with van der Waals surface area (Å²) in [7, 11) is 0. The molecule has 1 rings (SSSR count). The van der Waals surface area contributed by atoms with Crippen molar-refractivity contribution >= 4 is 0 Å². The Morgan fingerprint density at radius 3 is 2.67 bits per heavy atom. The fourth-order valence-corrected chi connectivity index (χ4v) is 1.14. The molecule has 9 heavy (non-hydrogen) atoms. The third-order valence-corrected chi connectivity index (χ3v) is 1.68. The van der Waals surface area contributed by atoms with Crippen LogP contribution in [0.1, 0.15) is 6.42 Å². The molecule has 0 bridgehead atoms. The van der Waals surface area contributed by atoms with E-state index in [1.807, 2.05) is 0 Å². The molecule has 0 aromatic carbocycles. The molecule has 54 valence electrons. The molecule has 3 heteroatoms. The molecule has 0 saturated carbocycles. The third-order valence-electron chi connectivity index (χ3n) is 1.68. The Morgan fingerprint density at radius 1 is 1.44 bits per heavy atom.